The zero-order valence-electron chi connectivity index (χ0n) is 18.3. The fourth-order valence-electron chi connectivity index (χ4n) is 3.74. The van der Waals surface area contributed by atoms with Crippen molar-refractivity contribution in [3.05, 3.63) is 77.6 Å². The van der Waals surface area contributed by atoms with E-state index in [-0.39, 0.29) is 29.5 Å². The van der Waals surface area contributed by atoms with Crippen molar-refractivity contribution in [2.24, 2.45) is 0 Å². The van der Waals surface area contributed by atoms with E-state index in [1.54, 1.807) is 6.08 Å². The van der Waals surface area contributed by atoms with Crippen LogP contribution in [0.5, 0.6) is 5.75 Å². The highest BCUT2D eigenvalue weighted by molar-refractivity contribution is 8.00. The fraction of sp³-hybridized carbons (Fsp3) is 0.292. The van der Waals surface area contributed by atoms with Gasteiger partial charge in [0.05, 0.1) is 5.25 Å². The molecule has 1 aliphatic rings. The summed E-state index contributed by atoms with van der Waals surface area (Å²) in [5.74, 6) is 0.416. The van der Waals surface area contributed by atoms with Gasteiger partial charge in [0.2, 0.25) is 0 Å². The maximum Gasteiger partial charge on any atom is 0.277 e. The minimum Gasteiger partial charge on any atom is -0.484 e. The van der Waals surface area contributed by atoms with Crippen LogP contribution in [0, 0.1) is 5.82 Å². The van der Waals surface area contributed by atoms with E-state index in [9.17, 15) is 9.18 Å². The van der Waals surface area contributed by atoms with Gasteiger partial charge in [-0.1, -0.05) is 43.8 Å². The number of nitrogens with zero attached hydrogens (tertiary/aromatic N) is 3. The number of halogens is 1. The number of ether oxygens (including phenoxy) is 1. The van der Waals surface area contributed by atoms with Crippen LogP contribution in [0.25, 0.3) is 0 Å². The van der Waals surface area contributed by atoms with Gasteiger partial charge in [0, 0.05) is 29.9 Å². The molecule has 2 heterocycles. The Balaban J connectivity index is 1.40. The van der Waals surface area contributed by atoms with Gasteiger partial charge in [-0.25, -0.2) is 4.39 Å². The van der Waals surface area contributed by atoms with Crippen molar-refractivity contribution in [3.8, 4) is 5.75 Å². The first kappa shape index (κ1) is 22.1. The minimum atomic E-state index is -0.401. The van der Waals surface area contributed by atoms with Crippen LogP contribution < -0.4 is 9.64 Å². The highest BCUT2D eigenvalue weighted by Crippen LogP contribution is 2.46. The quantitative estimate of drug-likeness (QED) is 0.362. The van der Waals surface area contributed by atoms with Crippen LogP contribution in [0.15, 0.2) is 69.9 Å². The van der Waals surface area contributed by atoms with E-state index in [1.165, 1.54) is 41.6 Å². The number of aromatic nitrogens is 2. The number of thioether (sulfide) groups is 1. The molecule has 32 heavy (non-hydrogen) atoms. The molecule has 0 saturated heterocycles. The predicted molar refractivity (Wildman–Crippen MR) is 121 cm³/mol. The number of ketones is 1. The van der Waals surface area contributed by atoms with Gasteiger partial charge in [0.15, 0.2) is 12.4 Å². The minimum absolute atomic E-state index is 0.0277. The molecular formula is C24H24FN3O3S. The normalized spacial score (nSPS) is 16.8. The third-order valence-electron chi connectivity index (χ3n) is 5.52. The Hall–Kier alpha value is -3.13. The molecule has 0 radical (unpaired) electrons. The van der Waals surface area contributed by atoms with Crippen molar-refractivity contribution in [1.29, 1.82) is 0 Å². The highest BCUT2D eigenvalue weighted by atomic mass is 32.2. The Labute approximate surface area is 190 Å². The lowest BCUT2D eigenvalue weighted by Gasteiger charge is -2.24. The molecule has 6 nitrogen and oxygen atoms in total. The van der Waals surface area contributed by atoms with Gasteiger partial charge in [-0.2, -0.15) is 0 Å². The Bertz CT molecular complexity index is 1160. The fourth-order valence-corrected chi connectivity index (χ4v) is 4.46. The summed E-state index contributed by atoms with van der Waals surface area (Å²) in [5, 5.41) is 7.85. The zero-order chi connectivity index (χ0) is 22.9. The molecule has 1 aromatic heterocycles. The van der Waals surface area contributed by atoms with Crippen molar-refractivity contribution < 1.29 is 18.3 Å². The summed E-state index contributed by atoms with van der Waals surface area (Å²) in [7, 11) is 1.98. The number of benzene rings is 2. The molecular weight excluding hydrogens is 429 g/mol. The first-order valence-corrected chi connectivity index (χ1v) is 11.1. The number of carbonyl (C=O) groups excluding carboxylic acids is 1. The lowest BCUT2D eigenvalue weighted by molar-refractivity contribution is -0.114. The molecule has 0 spiro atoms. The van der Waals surface area contributed by atoms with Gasteiger partial charge in [0.1, 0.15) is 11.6 Å². The molecule has 1 aliphatic heterocycles. The molecule has 0 N–H and O–H groups in total. The maximum absolute atomic E-state index is 13.0. The number of likely N-dealkylation sites (N-methyl/N-ethyl adjacent to an activating group) is 1. The zero-order valence-corrected chi connectivity index (χ0v) is 19.1. The SMILES string of the molecule is CC(Sc1nnc(COc2ccc(F)cc2)o1)C(=O)/C=C1\N(C)c2ccccc2C1(C)C. The Morgan fingerprint density at radius 2 is 1.94 bits per heavy atom. The van der Waals surface area contributed by atoms with Gasteiger partial charge >= 0.3 is 0 Å². The molecule has 0 amide bonds. The van der Waals surface area contributed by atoms with Crippen LogP contribution in [0.4, 0.5) is 10.1 Å². The molecule has 166 valence electrons. The van der Waals surface area contributed by atoms with Gasteiger partial charge < -0.3 is 14.1 Å². The second-order valence-corrected chi connectivity index (χ2v) is 9.39. The van der Waals surface area contributed by atoms with Crippen LogP contribution in [-0.2, 0) is 16.8 Å². The van der Waals surface area contributed by atoms with E-state index >= 15 is 0 Å². The molecule has 1 atom stereocenters. The molecule has 0 aliphatic carbocycles. The largest absolute Gasteiger partial charge is 0.484 e. The van der Waals surface area contributed by atoms with Crippen LogP contribution >= 0.6 is 11.8 Å². The van der Waals surface area contributed by atoms with E-state index in [4.69, 9.17) is 9.15 Å². The standard InChI is InChI=1S/C24H24FN3O3S/c1-15(20(29)13-21-24(2,3)18-7-5-6-8-19(18)28(21)4)32-23-27-26-22(31-23)14-30-17-11-9-16(25)10-12-17/h5-13,15H,14H2,1-4H3/b21-13-. The number of para-hydroxylation sites is 1. The lowest BCUT2D eigenvalue weighted by Crippen LogP contribution is -2.25. The monoisotopic (exact) mass is 453 g/mol. The third kappa shape index (κ3) is 4.41. The topological polar surface area (TPSA) is 68.5 Å². The Kier molecular flexibility index (Phi) is 6.06. The average molecular weight is 454 g/mol. The predicted octanol–water partition coefficient (Wildman–Crippen LogP) is 5.15. The van der Waals surface area contributed by atoms with Gasteiger partial charge in [0.25, 0.3) is 11.1 Å². The molecule has 1 unspecified atom stereocenters. The number of allylic oxidation sites excluding steroid dienone is 2. The number of fused-ring (bicyclic) bond motifs is 1. The summed E-state index contributed by atoms with van der Waals surface area (Å²) < 4.78 is 24.1. The van der Waals surface area contributed by atoms with E-state index in [1.807, 2.05) is 26.1 Å². The van der Waals surface area contributed by atoms with Crippen LogP contribution in [-0.4, -0.2) is 28.3 Å². The van der Waals surface area contributed by atoms with Crippen molar-refractivity contribution in [2.75, 3.05) is 11.9 Å². The van der Waals surface area contributed by atoms with Crippen molar-refractivity contribution in [3.63, 3.8) is 0 Å². The van der Waals surface area contributed by atoms with Crippen LogP contribution in [0.2, 0.25) is 0 Å². The first-order valence-electron chi connectivity index (χ1n) is 10.2. The molecule has 0 saturated carbocycles. The summed E-state index contributed by atoms with van der Waals surface area (Å²) >= 11 is 1.21. The summed E-state index contributed by atoms with van der Waals surface area (Å²) in [6.07, 6.45) is 1.71. The van der Waals surface area contributed by atoms with E-state index < -0.39 is 5.25 Å². The van der Waals surface area contributed by atoms with Crippen LogP contribution in [0.1, 0.15) is 32.2 Å². The number of hydrogen-bond acceptors (Lipinski definition) is 7. The lowest BCUT2D eigenvalue weighted by atomic mass is 9.83. The molecule has 4 rings (SSSR count). The molecule has 3 aromatic rings. The number of carbonyl (C=O) groups is 1. The smallest absolute Gasteiger partial charge is 0.277 e. The average Bonchev–Trinajstić information content (AvgIpc) is 3.30. The van der Waals surface area contributed by atoms with Gasteiger partial charge in [-0.15, -0.1) is 10.2 Å². The third-order valence-corrected chi connectivity index (χ3v) is 6.47. The molecule has 0 fully saturated rings. The maximum atomic E-state index is 13.0. The number of anilines is 1. The van der Waals surface area contributed by atoms with Crippen LogP contribution in [0.3, 0.4) is 0 Å². The Morgan fingerprint density at radius 1 is 1.22 bits per heavy atom. The van der Waals surface area contributed by atoms with Crippen molar-refractivity contribution in [1.82, 2.24) is 10.2 Å². The van der Waals surface area contributed by atoms with Gasteiger partial charge in [-0.05, 0) is 42.8 Å². The highest BCUT2D eigenvalue weighted by Gasteiger charge is 2.38. The summed E-state index contributed by atoms with van der Waals surface area (Å²) in [5.41, 5.74) is 3.00. The first-order chi connectivity index (χ1) is 15.3. The van der Waals surface area contributed by atoms with Gasteiger partial charge in [-0.3, -0.25) is 4.79 Å². The number of rotatable bonds is 7. The van der Waals surface area contributed by atoms with E-state index in [0.717, 1.165) is 11.4 Å². The Morgan fingerprint density at radius 3 is 2.66 bits per heavy atom. The molecule has 2 aromatic carbocycles. The van der Waals surface area contributed by atoms with Crippen molar-refractivity contribution in [2.45, 2.75) is 43.3 Å². The van der Waals surface area contributed by atoms with E-state index in [0.29, 0.717) is 11.0 Å². The number of hydrogen-bond donors (Lipinski definition) is 0. The molecule has 0 bridgehead atoms. The van der Waals surface area contributed by atoms with Crippen molar-refractivity contribution >= 4 is 23.2 Å². The summed E-state index contributed by atoms with van der Waals surface area (Å²) in [6.45, 7) is 6.12. The second-order valence-electron chi connectivity index (χ2n) is 8.10. The molecule has 8 heteroatoms. The summed E-state index contributed by atoms with van der Waals surface area (Å²) in [4.78, 5) is 15.0. The second kappa shape index (κ2) is 8.78. The summed E-state index contributed by atoms with van der Waals surface area (Å²) in [6, 6.07) is 13.9. The van der Waals surface area contributed by atoms with E-state index in [2.05, 4.69) is 41.1 Å².